The van der Waals surface area contributed by atoms with Gasteiger partial charge >= 0.3 is 21.7 Å². The van der Waals surface area contributed by atoms with Gasteiger partial charge in [0.1, 0.15) is 46.0 Å². The average molecular weight is 660 g/mol. The largest absolute Gasteiger partial charge is 4.00 e. The van der Waals surface area contributed by atoms with E-state index in [4.69, 9.17) is 37.9 Å². The third kappa shape index (κ3) is 15.5. The maximum atomic E-state index is 10.9. The van der Waals surface area contributed by atoms with E-state index in [0.29, 0.717) is 46.0 Å². The summed E-state index contributed by atoms with van der Waals surface area (Å²) < 4.78 is 38.9. The molecule has 0 spiro atoms. The summed E-state index contributed by atoms with van der Waals surface area (Å²) in [4.78, 5) is 0. The van der Waals surface area contributed by atoms with E-state index < -0.39 is 0 Å². The van der Waals surface area contributed by atoms with Crippen molar-refractivity contribution >= 4 is 0 Å². The van der Waals surface area contributed by atoms with E-state index >= 15 is 0 Å². The summed E-state index contributed by atoms with van der Waals surface area (Å²) >= 11 is 0. The summed E-state index contributed by atoms with van der Waals surface area (Å²) in [5, 5.41) is 43.5. The van der Waals surface area contributed by atoms with Gasteiger partial charge < -0.3 is 58.3 Å². The van der Waals surface area contributed by atoms with Gasteiger partial charge in [0.25, 0.3) is 0 Å². The molecule has 0 saturated carbocycles. The molecule has 0 aromatic heterocycles. The molecule has 13 heteroatoms. The minimum atomic E-state index is -0.110. The maximum Gasteiger partial charge on any atom is 4.00 e. The molecular weight excluding hydrogens is 624 g/mol. The Labute approximate surface area is 278 Å². The second-order valence-electron chi connectivity index (χ2n) is 8.19. The summed E-state index contributed by atoms with van der Waals surface area (Å²) in [6, 6.07) is 17.9. The molecule has 0 radical (unpaired) electrons. The molecular formula is C32H36O12Ti. The van der Waals surface area contributed by atoms with E-state index in [9.17, 15) is 20.4 Å². The van der Waals surface area contributed by atoms with E-state index in [0.717, 1.165) is 0 Å². The number of ether oxygens (including phenoxy) is 8. The molecule has 0 aliphatic rings. The second kappa shape index (κ2) is 21.8. The number of hydrogen-bond donors (Lipinski definition) is 0. The van der Waals surface area contributed by atoms with Gasteiger partial charge in [-0.3, -0.25) is 0 Å². The standard InChI is InChI=1S/4C8H10O3.Ti/c4*1-10-7-3-6(9)4-8(5-7)11-2;/h4*3-5,9H,1-2H3;/q;;;;+4/p-4. The van der Waals surface area contributed by atoms with Crippen molar-refractivity contribution in [3.8, 4) is 69.0 Å². The smallest absolute Gasteiger partial charge is 0.872 e. The first-order valence-corrected chi connectivity index (χ1v) is 12.6. The van der Waals surface area contributed by atoms with Crippen molar-refractivity contribution in [3.05, 3.63) is 72.8 Å². The zero-order valence-corrected chi connectivity index (χ0v) is 27.9. The molecule has 0 unspecified atom stereocenters. The van der Waals surface area contributed by atoms with Gasteiger partial charge in [0, 0.05) is 24.3 Å². The van der Waals surface area contributed by atoms with Crippen molar-refractivity contribution in [2.45, 2.75) is 0 Å². The third-order valence-electron chi connectivity index (χ3n) is 5.30. The minimum Gasteiger partial charge on any atom is -0.872 e. The van der Waals surface area contributed by atoms with Crippen molar-refractivity contribution < 1.29 is 80.0 Å². The van der Waals surface area contributed by atoms with Crippen LogP contribution in [0, 0.1) is 0 Å². The summed E-state index contributed by atoms with van der Waals surface area (Å²) in [5.74, 6) is 3.74. The van der Waals surface area contributed by atoms with Gasteiger partial charge in [-0.25, -0.2) is 0 Å². The van der Waals surface area contributed by atoms with Crippen molar-refractivity contribution in [1.82, 2.24) is 0 Å². The van der Waals surface area contributed by atoms with Crippen molar-refractivity contribution in [3.63, 3.8) is 0 Å². The molecule has 240 valence electrons. The Balaban J connectivity index is 0.000000569. The fraction of sp³-hybridized carbons (Fsp3) is 0.250. The van der Waals surface area contributed by atoms with E-state index in [2.05, 4.69) is 0 Å². The van der Waals surface area contributed by atoms with Crippen molar-refractivity contribution in [2.75, 3.05) is 56.9 Å². The van der Waals surface area contributed by atoms with Crippen molar-refractivity contribution in [1.29, 1.82) is 0 Å². The Kier molecular flexibility index (Phi) is 19.5. The SMILES string of the molecule is COc1cc([O-])cc(OC)c1.COc1cc([O-])cc(OC)c1.COc1cc([O-])cc(OC)c1.COc1cc([O-])cc(OC)c1.[Ti+4]. The Morgan fingerprint density at radius 3 is 0.467 bits per heavy atom. The van der Waals surface area contributed by atoms with Gasteiger partial charge in [-0.15, -0.1) is 23.0 Å². The molecule has 0 aliphatic carbocycles. The van der Waals surface area contributed by atoms with E-state index in [1.54, 1.807) is 24.3 Å². The third-order valence-corrected chi connectivity index (χ3v) is 5.30. The first-order valence-electron chi connectivity index (χ1n) is 12.6. The Hall–Kier alpha value is -4.81. The summed E-state index contributed by atoms with van der Waals surface area (Å²) in [6.07, 6.45) is 0. The molecule has 0 heterocycles. The fourth-order valence-electron chi connectivity index (χ4n) is 3.13. The molecule has 0 saturated heterocycles. The van der Waals surface area contributed by atoms with Gasteiger partial charge in [0.05, 0.1) is 56.9 Å². The predicted octanol–water partition coefficient (Wildman–Crippen LogP) is 3.11. The van der Waals surface area contributed by atoms with Crippen LogP contribution in [0.5, 0.6) is 69.0 Å². The molecule has 0 fully saturated rings. The van der Waals surface area contributed by atoms with E-state index in [1.165, 1.54) is 105 Å². The Morgan fingerprint density at radius 1 is 0.267 bits per heavy atom. The molecule has 0 aliphatic heterocycles. The van der Waals surface area contributed by atoms with Gasteiger partial charge in [0.15, 0.2) is 0 Å². The zero-order chi connectivity index (χ0) is 33.1. The van der Waals surface area contributed by atoms with Crippen LogP contribution >= 0.6 is 0 Å². The van der Waals surface area contributed by atoms with Gasteiger partial charge in [-0.1, -0.05) is 0 Å². The number of benzene rings is 4. The summed E-state index contributed by atoms with van der Waals surface area (Å²) in [6.45, 7) is 0. The van der Waals surface area contributed by atoms with Gasteiger partial charge in [0.2, 0.25) is 0 Å². The molecule has 0 bridgehead atoms. The van der Waals surface area contributed by atoms with Crippen LogP contribution in [-0.4, -0.2) is 56.9 Å². The quantitative estimate of drug-likeness (QED) is 0.254. The van der Waals surface area contributed by atoms with Crippen LogP contribution in [0.15, 0.2) is 72.8 Å². The number of rotatable bonds is 8. The Bertz CT molecular complexity index is 1110. The van der Waals surface area contributed by atoms with Gasteiger partial charge in [-0.05, 0) is 48.5 Å². The molecule has 0 atom stereocenters. The number of hydrogen-bond acceptors (Lipinski definition) is 12. The van der Waals surface area contributed by atoms with Crippen LogP contribution in [-0.2, 0) is 21.7 Å². The van der Waals surface area contributed by atoms with Crippen LogP contribution in [0.2, 0.25) is 0 Å². The fourth-order valence-corrected chi connectivity index (χ4v) is 3.13. The molecule has 0 N–H and O–H groups in total. The number of methoxy groups -OCH3 is 8. The molecule has 4 aromatic rings. The van der Waals surface area contributed by atoms with E-state index in [1.807, 2.05) is 0 Å². The zero-order valence-electron chi connectivity index (χ0n) is 26.3. The van der Waals surface area contributed by atoms with Crippen LogP contribution in [0.25, 0.3) is 0 Å². The Morgan fingerprint density at radius 2 is 0.378 bits per heavy atom. The van der Waals surface area contributed by atoms with Crippen LogP contribution in [0.1, 0.15) is 0 Å². The first kappa shape index (κ1) is 40.2. The molecule has 12 nitrogen and oxygen atoms in total. The average Bonchev–Trinajstić information content (AvgIpc) is 3.04. The monoisotopic (exact) mass is 660 g/mol. The minimum absolute atomic E-state index is 0. The van der Waals surface area contributed by atoms with Gasteiger partial charge in [-0.2, -0.15) is 0 Å². The topological polar surface area (TPSA) is 166 Å². The second-order valence-corrected chi connectivity index (χ2v) is 8.19. The molecule has 4 rings (SSSR count). The van der Waals surface area contributed by atoms with Crippen LogP contribution in [0.4, 0.5) is 0 Å². The van der Waals surface area contributed by atoms with Crippen LogP contribution < -0.4 is 58.3 Å². The molecule has 0 amide bonds. The normalized spacial score (nSPS) is 9.07. The predicted molar refractivity (Wildman–Crippen MR) is 156 cm³/mol. The maximum absolute atomic E-state index is 10.9. The van der Waals surface area contributed by atoms with Crippen molar-refractivity contribution in [2.24, 2.45) is 0 Å². The summed E-state index contributed by atoms with van der Waals surface area (Å²) in [7, 11) is 12.1. The van der Waals surface area contributed by atoms with Crippen LogP contribution in [0.3, 0.4) is 0 Å². The first-order chi connectivity index (χ1) is 21.0. The summed E-state index contributed by atoms with van der Waals surface area (Å²) in [5.41, 5.74) is 0. The molecule has 4 aromatic carbocycles. The van der Waals surface area contributed by atoms with E-state index in [-0.39, 0.29) is 44.7 Å². The molecule has 45 heavy (non-hydrogen) atoms.